The van der Waals surface area contributed by atoms with Crippen molar-refractivity contribution in [2.45, 2.75) is 46.1 Å². The number of aromatic nitrogens is 2. The highest BCUT2D eigenvalue weighted by Gasteiger charge is 2.22. The summed E-state index contributed by atoms with van der Waals surface area (Å²) in [7, 11) is 2.05. The highest BCUT2D eigenvalue weighted by Crippen LogP contribution is 2.23. The largest absolute Gasteiger partial charge is 0.342 e. The molecule has 1 aromatic rings. The molecular weight excluding hydrogens is 236 g/mol. The van der Waals surface area contributed by atoms with Crippen LogP contribution < -0.4 is 10.2 Å². The van der Waals surface area contributed by atoms with E-state index < -0.39 is 0 Å². The molecule has 0 radical (unpaired) electrons. The van der Waals surface area contributed by atoms with Crippen LogP contribution in [0.5, 0.6) is 0 Å². The van der Waals surface area contributed by atoms with Crippen LogP contribution in [-0.2, 0) is 6.54 Å². The average molecular weight is 264 g/mol. The topological polar surface area (TPSA) is 33.1 Å². The molecular formula is C15H28N4. The molecule has 19 heavy (non-hydrogen) atoms. The van der Waals surface area contributed by atoms with E-state index in [1.807, 2.05) is 7.05 Å². The molecule has 0 bridgehead atoms. The Hall–Kier alpha value is -1.03. The molecule has 0 aromatic carbocycles. The maximum absolute atomic E-state index is 4.75. The molecule has 2 heterocycles. The summed E-state index contributed by atoms with van der Waals surface area (Å²) in [5.41, 5.74) is 1.14. The van der Waals surface area contributed by atoms with Gasteiger partial charge in [-0.2, -0.15) is 0 Å². The van der Waals surface area contributed by atoms with Crippen molar-refractivity contribution in [3.05, 3.63) is 11.9 Å². The van der Waals surface area contributed by atoms with Crippen LogP contribution in [0.3, 0.4) is 0 Å². The van der Waals surface area contributed by atoms with Crippen LogP contribution in [0.1, 0.15) is 38.3 Å². The van der Waals surface area contributed by atoms with Gasteiger partial charge in [0.15, 0.2) is 0 Å². The van der Waals surface area contributed by atoms with Crippen molar-refractivity contribution in [2.24, 2.45) is 5.92 Å². The van der Waals surface area contributed by atoms with Gasteiger partial charge in [0, 0.05) is 25.8 Å². The molecule has 1 aromatic heterocycles. The zero-order valence-electron chi connectivity index (χ0n) is 12.7. The second-order valence-corrected chi connectivity index (χ2v) is 5.74. The lowest BCUT2D eigenvalue weighted by Gasteiger charge is -2.33. The maximum atomic E-state index is 4.75. The molecule has 1 aliphatic rings. The summed E-state index contributed by atoms with van der Waals surface area (Å²) in [6.45, 7) is 8.85. The van der Waals surface area contributed by atoms with Gasteiger partial charge in [0.05, 0.1) is 5.69 Å². The number of anilines is 1. The molecule has 0 spiro atoms. The normalized spacial score (nSPS) is 19.9. The second kappa shape index (κ2) is 6.94. The van der Waals surface area contributed by atoms with Crippen LogP contribution >= 0.6 is 0 Å². The number of piperidine rings is 1. The summed E-state index contributed by atoms with van der Waals surface area (Å²) in [4.78, 5) is 7.23. The van der Waals surface area contributed by atoms with E-state index >= 15 is 0 Å². The van der Waals surface area contributed by atoms with Gasteiger partial charge in [-0.3, -0.25) is 0 Å². The fourth-order valence-corrected chi connectivity index (χ4v) is 2.98. The third-order valence-corrected chi connectivity index (χ3v) is 3.92. The zero-order chi connectivity index (χ0) is 13.7. The summed E-state index contributed by atoms with van der Waals surface area (Å²) >= 11 is 0. The minimum absolute atomic E-state index is 0.760. The fourth-order valence-electron chi connectivity index (χ4n) is 2.98. The number of rotatable bonds is 6. The highest BCUT2D eigenvalue weighted by atomic mass is 15.3. The van der Waals surface area contributed by atoms with Crippen molar-refractivity contribution in [2.75, 3.05) is 31.6 Å². The molecule has 4 heteroatoms. The standard InChI is InChI=1S/C15H28N4/c1-4-5-8-18-11-13(2)17-15(18)19-9-6-7-14(12-19)10-16-3/h11,14,16H,4-10,12H2,1-3H3. The van der Waals surface area contributed by atoms with Crippen LogP contribution in [0, 0.1) is 12.8 Å². The van der Waals surface area contributed by atoms with Crippen molar-refractivity contribution < 1.29 is 0 Å². The lowest BCUT2D eigenvalue weighted by atomic mass is 9.98. The summed E-state index contributed by atoms with van der Waals surface area (Å²) in [6.07, 6.45) is 7.29. The van der Waals surface area contributed by atoms with Crippen LogP contribution in [0.25, 0.3) is 0 Å². The van der Waals surface area contributed by atoms with Crippen LogP contribution in [0.4, 0.5) is 5.95 Å². The summed E-state index contributed by atoms with van der Waals surface area (Å²) in [5.74, 6) is 1.95. The maximum Gasteiger partial charge on any atom is 0.205 e. The molecule has 0 saturated carbocycles. The van der Waals surface area contributed by atoms with Gasteiger partial charge in [-0.1, -0.05) is 13.3 Å². The first-order valence-electron chi connectivity index (χ1n) is 7.68. The third-order valence-electron chi connectivity index (χ3n) is 3.92. The number of nitrogens with zero attached hydrogens (tertiary/aromatic N) is 3. The Kier molecular flexibility index (Phi) is 5.25. The molecule has 0 amide bonds. The summed E-state index contributed by atoms with van der Waals surface area (Å²) in [5, 5.41) is 3.31. The van der Waals surface area contributed by atoms with Crippen molar-refractivity contribution in [1.29, 1.82) is 0 Å². The van der Waals surface area contributed by atoms with Crippen molar-refractivity contribution in [1.82, 2.24) is 14.9 Å². The van der Waals surface area contributed by atoms with Crippen molar-refractivity contribution in [3.63, 3.8) is 0 Å². The van der Waals surface area contributed by atoms with Crippen molar-refractivity contribution in [3.8, 4) is 0 Å². The van der Waals surface area contributed by atoms with Gasteiger partial charge < -0.3 is 14.8 Å². The van der Waals surface area contributed by atoms with E-state index in [-0.39, 0.29) is 0 Å². The SMILES string of the molecule is CCCCn1cc(C)nc1N1CCCC(CNC)C1. The summed E-state index contributed by atoms with van der Waals surface area (Å²) in [6, 6.07) is 0. The van der Waals surface area contributed by atoms with Crippen LogP contribution in [0.15, 0.2) is 6.20 Å². The fraction of sp³-hybridized carbons (Fsp3) is 0.800. The molecule has 1 fully saturated rings. The second-order valence-electron chi connectivity index (χ2n) is 5.74. The predicted molar refractivity (Wildman–Crippen MR) is 80.7 cm³/mol. The van der Waals surface area contributed by atoms with E-state index in [4.69, 9.17) is 4.98 Å². The van der Waals surface area contributed by atoms with Gasteiger partial charge in [0.1, 0.15) is 0 Å². The summed E-state index contributed by atoms with van der Waals surface area (Å²) < 4.78 is 2.35. The Bertz CT molecular complexity index is 383. The molecule has 0 aliphatic carbocycles. The first-order valence-corrected chi connectivity index (χ1v) is 7.68. The number of unbranched alkanes of at least 4 members (excludes halogenated alkanes) is 1. The molecule has 1 N–H and O–H groups in total. The molecule has 108 valence electrons. The molecule has 1 saturated heterocycles. The van der Waals surface area contributed by atoms with Gasteiger partial charge in [-0.15, -0.1) is 0 Å². The lowest BCUT2D eigenvalue weighted by molar-refractivity contribution is 0.396. The minimum atomic E-state index is 0.760. The highest BCUT2D eigenvalue weighted by molar-refractivity contribution is 5.34. The van der Waals surface area contributed by atoms with Gasteiger partial charge in [-0.05, 0) is 45.7 Å². The first kappa shape index (κ1) is 14.4. The van der Waals surface area contributed by atoms with Crippen LogP contribution in [0.2, 0.25) is 0 Å². The Morgan fingerprint density at radius 1 is 1.47 bits per heavy atom. The third kappa shape index (κ3) is 3.72. The lowest BCUT2D eigenvalue weighted by Crippen LogP contribution is -2.40. The van der Waals surface area contributed by atoms with E-state index in [2.05, 4.69) is 34.8 Å². The number of hydrogen-bond acceptors (Lipinski definition) is 3. The minimum Gasteiger partial charge on any atom is -0.342 e. The predicted octanol–water partition coefficient (Wildman–Crippen LogP) is 2.43. The van der Waals surface area contributed by atoms with Crippen molar-refractivity contribution >= 4 is 5.95 Å². The van der Waals surface area contributed by atoms with Gasteiger partial charge in [-0.25, -0.2) is 4.98 Å². The van der Waals surface area contributed by atoms with Gasteiger partial charge >= 0.3 is 0 Å². The molecule has 4 nitrogen and oxygen atoms in total. The smallest absolute Gasteiger partial charge is 0.205 e. The Morgan fingerprint density at radius 3 is 3.05 bits per heavy atom. The van der Waals surface area contributed by atoms with E-state index in [1.54, 1.807) is 0 Å². The number of aryl methyl sites for hydroxylation is 2. The molecule has 2 rings (SSSR count). The Morgan fingerprint density at radius 2 is 2.32 bits per heavy atom. The Labute approximate surface area is 117 Å². The van der Waals surface area contributed by atoms with E-state index in [0.29, 0.717) is 0 Å². The number of nitrogens with one attached hydrogen (secondary N) is 1. The molecule has 1 unspecified atom stereocenters. The van der Waals surface area contributed by atoms with Gasteiger partial charge in [0.25, 0.3) is 0 Å². The number of imidazole rings is 1. The van der Waals surface area contributed by atoms with Gasteiger partial charge in [0.2, 0.25) is 5.95 Å². The van der Waals surface area contributed by atoms with E-state index in [9.17, 15) is 0 Å². The number of hydrogen-bond donors (Lipinski definition) is 1. The zero-order valence-corrected chi connectivity index (χ0v) is 12.7. The molecule has 1 aliphatic heterocycles. The quantitative estimate of drug-likeness (QED) is 0.856. The Balaban J connectivity index is 2.07. The van der Waals surface area contributed by atoms with E-state index in [0.717, 1.165) is 37.8 Å². The average Bonchev–Trinajstić information content (AvgIpc) is 2.78. The van der Waals surface area contributed by atoms with Crippen LogP contribution in [-0.4, -0.2) is 36.2 Å². The monoisotopic (exact) mass is 264 g/mol. The first-order chi connectivity index (χ1) is 9.24. The van der Waals surface area contributed by atoms with E-state index in [1.165, 1.54) is 31.6 Å². The molecule has 1 atom stereocenters.